The third-order valence-corrected chi connectivity index (χ3v) is 3.58. The molecule has 2 heterocycles. The maximum Gasteiger partial charge on any atom is 0.252 e. The van der Waals surface area contributed by atoms with Crippen molar-refractivity contribution in [3.63, 3.8) is 0 Å². The van der Waals surface area contributed by atoms with Gasteiger partial charge in [-0.1, -0.05) is 11.6 Å². The highest BCUT2D eigenvalue weighted by Crippen LogP contribution is 2.30. The number of hydrogen-bond donors (Lipinski definition) is 1. The van der Waals surface area contributed by atoms with Gasteiger partial charge in [-0.3, -0.25) is 0 Å². The molecule has 2 N–H and O–H groups in total. The Morgan fingerprint density at radius 1 is 1.59 bits per heavy atom. The average Bonchev–Trinajstić information content (AvgIpc) is 2.88. The number of halogens is 1. The van der Waals surface area contributed by atoms with Crippen LogP contribution in [0.3, 0.4) is 0 Å². The molecule has 2 aromatic rings. The molecule has 0 radical (unpaired) electrons. The molecule has 0 bridgehead atoms. The van der Waals surface area contributed by atoms with Crippen molar-refractivity contribution in [2.24, 2.45) is 5.73 Å². The minimum atomic E-state index is -0.155. The van der Waals surface area contributed by atoms with Crippen molar-refractivity contribution >= 4 is 22.9 Å². The molecule has 2 unspecified atom stereocenters. The van der Waals surface area contributed by atoms with E-state index in [0.717, 1.165) is 4.88 Å². The van der Waals surface area contributed by atoms with Crippen molar-refractivity contribution in [3.05, 3.63) is 33.5 Å². The van der Waals surface area contributed by atoms with Gasteiger partial charge >= 0.3 is 0 Å². The summed E-state index contributed by atoms with van der Waals surface area (Å²) in [6, 6.07) is 5.32. The van der Waals surface area contributed by atoms with Gasteiger partial charge in [-0.05, 0) is 19.1 Å². The van der Waals surface area contributed by atoms with Gasteiger partial charge < -0.3 is 5.73 Å². The first-order valence-electron chi connectivity index (χ1n) is 4.94. The molecule has 0 amide bonds. The van der Waals surface area contributed by atoms with E-state index in [0.29, 0.717) is 4.34 Å². The second kappa shape index (κ2) is 4.84. The van der Waals surface area contributed by atoms with Crippen LogP contribution >= 0.6 is 22.9 Å². The van der Waals surface area contributed by atoms with Gasteiger partial charge in [0.1, 0.15) is 18.4 Å². The molecular formula is C10H10ClN5S. The highest BCUT2D eigenvalue weighted by atomic mass is 35.5. The van der Waals surface area contributed by atoms with Crippen LogP contribution in [0.2, 0.25) is 4.34 Å². The summed E-state index contributed by atoms with van der Waals surface area (Å²) in [5, 5.41) is 12.8. The lowest BCUT2D eigenvalue weighted by atomic mass is 10.1. The van der Waals surface area contributed by atoms with Crippen molar-refractivity contribution in [2.45, 2.75) is 19.0 Å². The number of nitrogens with two attached hydrogens (primary N) is 1. The van der Waals surface area contributed by atoms with Gasteiger partial charge in [-0.2, -0.15) is 5.26 Å². The summed E-state index contributed by atoms with van der Waals surface area (Å²) in [6.07, 6.45) is 1.51. The van der Waals surface area contributed by atoms with E-state index in [1.54, 1.807) is 4.68 Å². The van der Waals surface area contributed by atoms with Crippen LogP contribution in [0, 0.1) is 11.3 Å². The Kier molecular flexibility index (Phi) is 3.43. The Morgan fingerprint density at radius 2 is 2.35 bits per heavy atom. The van der Waals surface area contributed by atoms with Crippen molar-refractivity contribution in [1.82, 2.24) is 14.8 Å². The Hall–Kier alpha value is -1.42. The highest BCUT2D eigenvalue weighted by Gasteiger charge is 2.21. The van der Waals surface area contributed by atoms with E-state index >= 15 is 0 Å². The summed E-state index contributed by atoms with van der Waals surface area (Å²) in [5.41, 5.74) is 5.95. The van der Waals surface area contributed by atoms with Gasteiger partial charge in [0, 0.05) is 10.9 Å². The van der Waals surface area contributed by atoms with Crippen LogP contribution in [-0.4, -0.2) is 20.8 Å². The summed E-state index contributed by atoms with van der Waals surface area (Å²) in [7, 11) is 0. The molecule has 0 saturated carbocycles. The van der Waals surface area contributed by atoms with Crippen LogP contribution in [0.15, 0.2) is 18.5 Å². The monoisotopic (exact) mass is 267 g/mol. The predicted molar refractivity (Wildman–Crippen MR) is 65.9 cm³/mol. The Bertz CT molecular complexity index is 553. The fourth-order valence-corrected chi connectivity index (χ4v) is 2.85. The Labute approximate surface area is 107 Å². The Morgan fingerprint density at radius 3 is 2.82 bits per heavy atom. The van der Waals surface area contributed by atoms with Gasteiger partial charge in [0.05, 0.1) is 4.34 Å². The maximum absolute atomic E-state index is 8.71. The first-order valence-corrected chi connectivity index (χ1v) is 6.13. The number of nitrogens with zero attached hydrogens (tertiary/aromatic N) is 4. The van der Waals surface area contributed by atoms with Crippen LogP contribution in [0.4, 0.5) is 0 Å². The lowest BCUT2D eigenvalue weighted by Crippen LogP contribution is -2.30. The van der Waals surface area contributed by atoms with Gasteiger partial charge in [0.25, 0.3) is 5.82 Å². The SMILES string of the molecule is CC(N)C(c1ccc(Cl)s1)n1cnc(C#N)n1. The molecular weight excluding hydrogens is 258 g/mol. The summed E-state index contributed by atoms with van der Waals surface area (Å²) < 4.78 is 2.30. The van der Waals surface area contributed by atoms with E-state index in [4.69, 9.17) is 22.6 Å². The minimum absolute atomic E-state index is 0.137. The van der Waals surface area contributed by atoms with E-state index < -0.39 is 0 Å². The molecule has 0 aliphatic rings. The fourth-order valence-electron chi connectivity index (χ4n) is 1.58. The number of thiophene rings is 1. The number of nitriles is 1. The number of hydrogen-bond acceptors (Lipinski definition) is 5. The normalized spacial score (nSPS) is 14.2. The zero-order valence-corrected chi connectivity index (χ0v) is 10.6. The third kappa shape index (κ3) is 2.47. The van der Waals surface area contributed by atoms with Gasteiger partial charge in [0.15, 0.2) is 0 Å². The average molecular weight is 268 g/mol. The molecule has 0 aromatic carbocycles. The first kappa shape index (κ1) is 12.0. The second-order valence-electron chi connectivity index (χ2n) is 3.61. The fraction of sp³-hybridized carbons (Fsp3) is 0.300. The number of aromatic nitrogens is 3. The van der Waals surface area contributed by atoms with Crippen molar-refractivity contribution < 1.29 is 0 Å². The molecule has 0 aliphatic carbocycles. The smallest absolute Gasteiger partial charge is 0.252 e. The molecule has 2 aromatic heterocycles. The van der Waals surface area contributed by atoms with Crippen LogP contribution in [0.5, 0.6) is 0 Å². The van der Waals surface area contributed by atoms with Crippen molar-refractivity contribution in [3.8, 4) is 6.07 Å². The van der Waals surface area contributed by atoms with Crippen LogP contribution in [0.25, 0.3) is 0 Å². The van der Waals surface area contributed by atoms with E-state index in [9.17, 15) is 0 Å². The van der Waals surface area contributed by atoms with Gasteiger partial charge in [0.2, 0.25) is 0 Å². The second-order valence-corrected chi connectivity index (χ2v) is 5.35. The predicted octanol–water partition coefficient (Wildman–Crippen LogP) is 1.80. The van der Waals surface area contributed by atoms with Gasteiger partial charge in [-0.15, -0.1) is 16.4 Å². The zero-order chi connectivity index (χ0) is 12.4. The largest absolute Gasteiger partial charge is 0.326 e. The van der Waals surface area contributed by atoms with Crippen molar-refractivity contribution in [2.75, 3.05) is 0 Å². The molecule has 0 saturated heterocycles. The van der Waals surface area contributed by atoms with Crippen LogP contribution < -0.4 is 5.73 Å². The molecule has 7 heteroatoms. The molecule has 5 nitrogen and oxygen atoms in total. The first-order chi connectivity index (χ1) is 8.11. The quantitative estimate of drug-likeness (QED) is 0.919. The van der Waals surface area contributed by atoms with Crippen LogP contribution in [-0.2, 0) is 0 Å². The molecule has 2 rings (SSSR count). The molecule has 0 fully saturated rings. The summed E-state index contributed by atoms with van der Waals surface area (Å²) in [5.74, 6) is 0.137. The standard InChI is InChI=1S/C10H10ClN5S/c1-6(13)10(7-2-3-8(11)17-7)16-5-14-9(4-12)15-16/h2-3,5-6,10H,13H2,1H3. The topological polar surface area (TPSA) is 80.5 Å². The molecule has 0 aliphatic heterocycles. The van der Waals surface area contributed by atoms with E-state index in [1.807, 2.05) is 25.1 Å². The third-order valence-electron chi connectivity index (χ3n) is 2.28. The number of rotatable bonds is 3. The van der Waals surface area contributed by atoms with E-state index in [2.05, 4.69) is 10.1 Å². The Balaban J connectivity index is 2.39. The molecule has 2 atom stereocenters. The molecule has 88 valence electrons. The molecule has 17 heavy (non-hydrogen) atoms. The van der Waals surface area contributed by atoms with Crippen LogP contribution in [0.1, 0.15) is 23.7 Å². The summed E-state index contributed by atoms with van der Waals surface area (Å²) in [6.45, 7) is 1.88. The van der Waals surface area contributed by atoms with Gasteiger partial charge in [-0.25, -0.2) is 9.67 Å². The van der Waals surface area contributed by atoms with Crippen molar-refractivity contribution in [1.29, 1.82) is 5.26 Å². The summed E-state index contributed by atoms with van der Waals surface area (Å²) in [4.78, 5) is 4.88. The highest BCUT2D eigenvalue weighted by molar-refractivity contribution is 7.16. The summed E-state index contributed by atoms with van der Waals surface area (Å²) >= 11 is 7.36. The maximum atomic E-state index is 8.71. The lowest BCUT2D eigenvalue weighted by Gasteiger charge is -2.19. The minimum Gasteiger partial charge on any atom is -0.326 e. The zero-order valence-electron chi connectivity index (χ0n) is 9.04. The van der Waals surface area contributed by atoms with E-state index in [-0.39, 0.29) is 17.9 Å². The lowest BCUT2D eigenvalue weighted by molar-refractivity contribution is 0.458. The molecule has 0 spiro atoms. The van der Waals surface area contributed by atoms with E-state index in [1.165, 1.54) is 17.7 Å².